The molecule has 460 valence electrons. The molecule has 0 fully saturated rings. The predicted octanol–water partition coefficient (Wildman–Crippen LogP) is 18.4. The number of fused-ring (bicyclic) bond motifs is 6. The number of hydrogen-bond donors (Lipinski definition) is 0. The third-order valence-electron chi connectivity index (χ3n) is 14.2. The first-order valence-electron chi connectivity index (χ1n) is 30.2. The minimum Gasteiger partial charge on any atom is -0.345 e. The Labute approximate surface area is 516 Å². The van der Waals surface area contributed by atoms with Crippen LogP contribution >= 0.6 is 0 Å². The van der Waals surface area contributed by atoms with Crippen molar-refractivity contribution in [1.82, 2.24) is 77.5 Å². The molecular weight excluding hydrogens is 1080 g/mol. The zero-order valence-electron chi connectivity index (χ0n) is 54.6. The minimum absolute atomic E-state index is 0. The van der Waals surface area contributed by atoms with Crippen LogP contribution in [0.3, 0.4) is 0 Å². The van der Waals surface area contributed by atoms with E-state index in [0.717, 1.165) is 61.6 Å². The molecule has 13 rings (SSSR count). The molecule has 0 saturated heterocycles. The molecular formula is C71H96N16. The summed E-state index contributed by atoms with van der Waals surface area (Å²) < 4.78 is 14.6. The summed E-state index contributed by atoms with van der Waals surface area (Å²) >= 11 is 0. The molecule has 13 aromatic rings. The number of aromatic nitrogens is 16. The molecule has 87 heavy (non-hydrogen) atoms. The number of nitrogens with zero attached hydrogens (tertiary/aromatic N) is 16. The van der Waals surface area contributed by atoms with Crippen LogP contribution in [0.15, 0.2) is 153 Å². The molecule has 16 nitrogen and oxygen atoms in total. The standard InChI is InChI=1S/C12H15N.2C11H14N2.2C10H13N3.C9H11N3.C7H12N2.CH4/c1-9(2)13-7-6-11-8-10(3)4-5-12(11)13;1-8(2)13-5-4-10-6-9(3)7-12-11(10)13;1-8(2)13-7-6-10-5-4-9(3)12-11(10)13;1-7(2)13-10-9(6-12-13)4-8(3)5-11-10;1-7(2)13-6-11-9-5-4-8(3)12-10(9)13;1-7(2)12-9-8(6-11-12)4-3-5-10-9;1-6(2)9-5-4-7(3)8-9;/h4-9H,1-3H3;2*4-8H,1-3H3;2*4-7H,1-3H3;3-7H,1-2H3;4-6H,1-3H3;1H4. The lowest BCUT2D eigenvalue weighted by atomic mass is 10.2. The molecule has 0 spiro atoms. The average Bonchev–Trinajstić information content (AvgIpc) is 2.82. The van der Waals surface area contributed by atoms with Crippen LogP contribution in [0.1, 0.15) is 180 Å². The average molecular weight is 1170 g/mol. The summed E-state index contributed by atoms with van der Waals surface area (Å²) in [6, 6.07) is 34.6. The monoisotopic (exact) mass is 1170 g/mol. The van der Waals surface area contributed by atoms with Crippen LogP contribution in [0.2, 0.25) is 0 Å². The second-order valence-electron chi connectivity index (χ2n) is 24.1. The second kappa shape index (κ2) is 30.5. The van der Waals surface area contributed by atoms with Crippen molar-refractivity contribution in [3.05, 3.63) is 187 Å². The number of aryl methyl sites for hydroxylation is 6. The van der Waals surface area contributed by atoms with Gasteiger partial charge >= 0.3 is 0 Å². The zero-order chi connectivity index (χ0) is 62.5. The van der Waals surface area contributed by atoms with E-state index in [-0.39, 0.29) is 7.43 Å². The smallest absolute Gasteiger partial charge is 0.160 e. The number of imidazole rings is 1. The highest BCUT2D eigenvalue weighted by atomic mass is 15.3. The molecule has 0 radical (unpaired) electrons. The summed E-state index contributed by atoms with van der Waals surface area (Å²) in [5, 5.41) is 18.8. The van der Waals surface area contributed by atoms with Crippen LogP contribution in [0.4, 0.5) is 0 Å². The van der Waals surface area contributed by atoms with Crippen molar-refractivity contribution < 1.29 is 0 Å². The summed E-state index contributed by atoms with van der Waals surface area (Å²) in [7, 11) is 0. The minimum atomic E-state index is 0. The van der Waals surface area contributed by atoms with Gasteiger partial charge in [-0.25, -0.2) is 39.3 Å². The van der Waals surface area contributed by atoms with Gasteiger partial charge in [0.25, 0.3) is 0 Å². The Balaban J connectivity index is 0.000000162. The van der Waals surface area contributed by atoms with Gasteiger partial charge < -0.3 is 18.3 Å². The van der Waals surface area contributed by atoms with Crippen LogP contribution in [0.5, 0.6) is 0 Å². The van der Waals surface area contributed by atoms with E-state index < -0.39 is 0 Å². The topological polar surface area (TPSA) is 151 Å². The van der Waals surface area contributed by atoms with Gasteiger partial charge in [-0.15, -0.1) is 0 Å². The van der Waals surface area contributed by atoms with E-state index in [1.165, 1.54) is 38.4 Å². The first kappa shape index (κ1) is 67.3. The quantitative estimate of drug-likeness (QED) is 0.152. The van der Waals surface area contributed by atoms with Gasteiger partial charge in [0.05, 0.1) is 24.4 Å². The number of hydrogen-bond acceptors (Lipinski definition) is 9. The van der Waals surface area contributed by atoms with Crippen LogP contribution in [0.25, 0.3) is 66.2 Å². The molecule has 0 N–H and O–H groups in total. The second-order valence-corrected chi connectivity index (χ2v) is 24.1. The van der Waals surface area contributed by atoms with Gasteiger partial charge in [-0.1, -0.05) is 19.1 Å². The fourth-order valence-corrected chi connectivity index (χ4v) is 9.63. The maximum atomic E-state index is 4.52. The van der Waals surface area contributed by atoms with Gasteiger partial charge in [-0.3, -0.25) is 4.68 Å². The summed E-state index contributed by atoms with van der Waals surface area (Å²) in [6.45, 7) is 42.3. The van der Waals surface area contributed by atoms with Crippen molar-refractivity contribution in [1.29, 1.82) is 0 Å². The Kier molecular flexibility index (Phi) is 23.6. The fourth-order valence-electron chi connectivity index (χ4n) is 9.63. The largest absolute Gasteiger partial charge is 0.345 e. The van der Waals surface area contributed by atoms with Crippen molar-refractivity contribution in [2.24, 2.45) is 0 Å². The summed E-state index contributed by atoms with van der Waals surface area (Å²) in [4.78, 5) is 26.3. The van der Waals surface area contributed by atoms with Gasteiger partial charge in [-0.2, -0.15) is 15.3 Å². The SMILES string of the molecule is C.CC(C)n1ncc2cccnc21.Cc1ccc2c(ccn2C(C)C)c1.Cc1ccc2ccn(C(C)C)c2n1.Cc1ccc2ncn(C(C)C)c2n1.Cc1ccn(C(C)C)n1.Cc1cnc2c(ccn2C(C)C)c1.Cc1cnc2c(cnn2C(C)C)c1. The molecule has 0 saturated carbocycles. The van der Waals surface area contributed by atoms with Crippen LogP contribution in [0, 0.1) is 41.5 Å². The number of rotatable bonds is 7. The van der Waals surface area contributed by atoms with Gasteiger partial charge in [-0.05, 0) is 240 Å². The summed E-state index contributed by atoms with van der Waals surface area (Å²) in [6.07, 6.45) is 19.5. The highest BCUT2D eigenvalue weighted by molar-refractivity contribution is 5.81. The summed E-state index contributed by atoms with van der Waals surface area (Å²) in [5.74, 6) is 0. The van der Waals surface area contributed by atoms with E-state index in [1.54, 1.807) is 6.20 Å². The van der Waals surface area contributed by atoms with E-state index in [0.29, 0.717) is 42.3 Å². The van der Waals surface area contributed by atoms with Gasteiger partial charge in [0.1, 0.15) is 16.8 Å². The molecule has 0 amide bonds. The van der Waals surface area contributed by atoms with Crippen molar-refractivity contribution in [2.75, 3.05) is 0 Å². The van der Waals surface area contributed by atoms with E-state index in [2.05, 4.69) is 247 Å². The Hall–Kier alpha value is -8.79. The third kappa shape index (κ3) is 17.4. The maximum absolute atomic E-state index is 4.52. The van der Waals surface area contributed by atoms with Gasteiger partial charge in [0, 0.05) is 124 Å². The molecule has 12 heterocycles. The summed E-state index contributed by atoms with van der Waals surface area (Å²) in [5.41, 5.74) is 14.3. The molecule has 1 aromatic carbocycles. The molecule has 0 atom stereocenters. The number of pyridine rings is 5. The van der Waals surface area contributed by atoms with E-state index in [9.17, 15) is 0 Å². The van der Waals surface area contributed by atoms with E-state index in [1.807, 2.05) is 115 Å². The van der Waals surface area contributed by atoms with Crippen LogP contribution in [-0.2, 0) is 0 Å². The third-order valence-corrected chi connectivity index (χ3v) is 14.2. The number of benzene rings is 1. The highest BCUT2D eigenvalue weighted by Crippen LogP contribution is 2.23. The van der Waals surface area contributed by atoms with Crippen molar-refractivity contribution >= 4 is 66.2 Å². The molecule has 16 heteroatoms. The predicted molar refractivity (Wildman–Crippen MR) is 364 cm³/mol. The van der Waals surface area contributed by atoms with Crippen molar-refractivity contribution in [3.8, 4) is 0 Å². The first-order valence-corrected chi connectivity index (χ1v) is 30.2. The van der Waals surface area contributed by atoms with Gasteiger partial charge in [0.15, 0.2) is 16.9 Å². The lowest BCUT2D eigenvalue weighted by Gasteiger charge is -2.08. The molecule has 0 unspecified atom stereocenters. The van der Waals surface area contributed by atoms with E-state index >= 15 is 0 Å². The Morgan fingerprint density at radius 2 is 0.862 bits per heavy atom. The molecule has 0 aliphatic heterocycles. The van der Waals surface area contributed by atoms with Crippen LogP contribution < -0.4 is 0 Å². The molecule has 12 aromatic heterocycles. The molecule has 0 aliphatic carbocycles. The molecule has 0 bridgehead atoms. The normalized spacial score (nSPS) is 11.2. The van der Waals surface area contributed by atoms with Crippen molar-refractivity contribution in [3.63, 3.8) is 0 Å². The maximum Gasteiger partial charge on any atom is 0.160 e. The molecule has 0 aliphatic rings. The Morgan fingerprint density at radius 3 is 1.44 bits per heavy atom. The fraction of sp³-hybridized carbons (Fsp3) is 0.394. The van der Waals surface area contributed by atoms with Crippen LogP contribution in [-0.4, -0.2) is 77.5 Å². The zero-order valence-corrected chi connectivity index (χ0v) is 54.6. The lowest BCUT2D eigenvalue weighted by Crippen LogP contribution is -2.02. The Morgan fingerprint density at radius 1 is 0.345 bits per heavy atom. The lowest BCUT2D eigenvalue weighted by molar-refractivity contribution is 0.529. The van der Waals surface area contributed by atoms with Crippen molar-refractivity contribution in [2.45, 2.75) is 188 Å². The van der Waals surface area contributed by atoms with Gasteiger partial charge in [0.2, 0.25) is 0 Å². The first-order chi connectivity index (χ1) is 40.9. The highest BCUT2D eigenvalue weighted by Gasteiger charge is 2.10. The Bertz CT molecular complexity index is 3940. The van der Waals surface area contributed by atoms with E-state index in [4.69, 9.17) is 0 Å².